The molecule has 2 N–H and O–H groups in total. The van der Waals surface area contributed by atoms with Gasteiger partial charge in [0.2, 0.25) is 0 Å². The van der Waals surface area contributed by atoms with Crippen LogP contribution in [0.4, 0.5) is 13.2 Å². The van der Waals surface area contributed by atoms with Crippen LogP contribution in [-0.2, 0) is 6.54 Å². The van der Waals surface area contributed by atoms with E-state index in [4.69, 9.17) is 5.73 Å². The largest absolute Gasteiger partial charge is 0.326 e. The van der Waals surface area contributed by atoms with E-state index in [2.05, 4.69) is 0 Å². The number of rotatable bonds is 2. The summed E-state index contributed by atoms with van der Waals surface area (Å²) < 4.78 is 38.6. The first kappa shape index (κ1) is 11.4. The molecule has 1 fully saturated rings. The molecule has 1 saturated heterocycles. The summed E-state index contributed by atoms with van der Waals surface area (Å²) in [4.78, 5) is 2.00. The predicted molar refractivity (Wildman–Crippen MR) is 54.2 cm³/mol. The van der Waals surface area contributed by atoms with E-state index in [0.717, 1.165) is 25.1 Å². The Kier molecular flexibility index (Phi) is 3.16. The van der Waals surface area contributed by atoms with Crippen molar-refractivity contribution in [2.75, 3.05) is 13.1 Å². The lowest BCUT2D eigenvalue weighted by atomic mass is 10.2. The van der Waals surface area contributed by atoms with Crippen LogP contribution in [0.3, 0.4) is 0 Å². The molecular weight excluding hydrogens is 217 g/mol. The molecule has 1 aromatic carbocycles. The summed E-state index contributed by atoms with van der Waals surface area (Å²) in [7, 11) is 0. The highest BCUT2D eigenvalue weighted by atomic mass is 19.2. The van der Waals surface area contributed by atoms with Crippen molar-refractivity contribution in [2.45, 2.75) is 19.0 Å². The lowest BCUT2D eigenvalue weighted by Crippen LogP contribution is -2.26. The predicted octanol–water partition coefficient (Wildman–Crippen LogP) is 1.64. The topological polar surface area (TPSA) is 29.3 Å². The van der Waals surface area contributed by atoms with Gasteiger partial charge in [0.1, 0.15) is 0 Å². The van der Waals surface area contributed by atoms with E-state index < -0.39 is 17.5 Å². The van der Waals surface area contributed by atoms with Crippen LogP contribution in [0.25, 0.3) is 0 Å². The molecule has 1 unspecified atom stereocenters. The molecule has 5 heteroatoms. The highest BCUT2D eigenvalue weighted by Crippen LogP contribution is 2.17. The summed E-state index contributed by atoms with van der Waals surface area (Å²) in [5, 5.41) is 0. The smallest absolute Gasteiger partial charge is 0.194 e. The van der Waals surface area contributed by atoms with Gasteiger partial charge in [-0.05, 0) is 24.1 Å². The van der Waals surface area contributed by atoms with Gasteiger partial charge < -0.3 is 5.73 Å². The first-order chi connectivity index (χ1) is 7.56. The highest BCUT2D eigenvalue weighted by molar-refractivity contribution is 5.19. The molecule has 2 nitrogen and oxygen atoms in total. The maximum absolute atomic E-state index is 12.9. The van der Waals surface area contributed by atoms with Gasteiger partial charge in [0.25, 0.3) is 0 Å². The second-order valence-corrected chi connectivity index (χ2v) is 4.16. The van der Waals surface area contributed by atoms with Gasteiger partial charge in [-0.2, -0.15) is 0 Å². The zero-order valence-corrected chi connectivity index (χ0v) is 8.72. The van der Waals surface area contributed by atoms with Crippen LogP contribution in [-0.4, -0.2) is 24.0 Å². The van der Waals surface area contributed by atoms with E-state index in [-0.39, 0.29) is 6.04 Å². The Labute approximate surface area is 91.8 Å². The molecule has 2 rings (SSSR count). The molecule has 1 aliphatic heterocycles. The third-order valence-electron chi connectivity index (χ3n) is 2.76. The third-order valence-corrected chi connectivity index (χ3v) is 2.76. The number of halogens is 3. The normalized spacial score (nSPS) is 21.6. The summed E-state index contributed by atoms with van der Waals surface area (Å²) >= 11 is 0. The highest BCUT2D eigenvalue weighted by Gasteiger charge is 2.20. The van der Waals surface area contributed by atoms with Gasteiger partial charge >= 0.3 is 0 Å². The Hall–Kier alpha value is -1.07. The van der Waals surface area contributed by atoms with Crippen molar-refractivity contribution in [3.63, 3.8) is 0 Å². The molecule has 0 spiro atoms. The van der Waals surface area contributed by atoms with Crippen LogP contribution in [0.15, 0.2) is 12.1 Å². The molecule has 0 amide bonds. The Balaban J connectivity index is 2.10. The fraction of sp³-hybridized carbons (Fsp3) is 0.455. The second kappa shape index (κ2) is 4.43. The van der Waals surface area contributed by atoms with Gasteiger partial charge in [0.05, 0.1) is 0 Å². The van der Waals surface area contributed by atoms with Crippen molar-refractivity contribution in [3.8, 4) is 0 Å². The van der Waals surface area contributed by atoms with Crippen molar-refractivity contribution in [1.82, 2.24) is 4.90 Å². The zero-order valence-electron chi connectivity index (χ0n) is 8.72. The van der Waals surface area contributed by atoms with Crippen LogP contribution in [0.5, 0.6) is 0 Å². The van der Waals surface area contributed by atoms with E-state index >= 15 is 0 Å². The molecular formula is C11H13F3N2. The Bertz CT molecular complexity index is 372. The summed E-state index contributed by atoms with van der Waals surface area (Å²) in [6, 6.07) is 2.18. The maximum atomic E-state index is 12.9. The first-order valence-electron chi connectivity index (χ1n) is 5.17. The number of benzene rings is 1. The van der Waals surface area contributed by atoms with Crippen molar-refractivity contribution in [3.05, 3.63) is 35.1 Å². The van der Waals surface area contributed by atoms with E-state index in [1.807, 2.05) is 4.90 Å². The van der Waals surface area contributed by atoms with Gasteiger partial charge in [-0.1, -0.05) is 0 Å². The van der Waals surface area contributed by atoms with Crippen molar-refractivity contribution < 1.29 is 13.2 Å². The molecule has 88 valence electrons. The van der Waals surface area contributed by atoms with Crippen LogP contribution >= 0.6 is 0 Å². The zero-order chi connectivity index (χ0) is 11.7. The molecule has 0 aliphatic carbocycles. The van der Waals surface area contributed by atoms with E-state index in [9.17, 15) is 13.2 Å². The van der Waals surface area contributed by atoms with Crippen LogP contribution in [0.1, 0.15) is 12.0 Å². The van der Waals surface area contributed by atoms with Crippen molar-refractivity contribution in [1.29, 1.82) is 0 Å². The molecule has 1 aromatic rings. The fourth-order valence-electron chi connectivity index (χ4n) is 1.96. The van der Waals surface area contributed by atoms with Crippen LogP contribution < -0.4 is 5.73 Å². The molecule has 0 aromatic heterocycles. The van der Waals surface area contributed by atoms with E-state index in [1.165, 1.54) is 0 Å². The van der Waals surface area contributed by atoms with Gasteiger partial charge in [-0.15, -0.1) is 0 Å². The average Bonchev–Trinajstić information content (AvgIpc) is 2.60. The van der Waals surface area contributed by atoms with E-state index in [0.29, 0.717) is 18.7 Å². The Morgan fingerprint density at radius 1 is 1.25 bits per heavy atom. The molecule has 1 heterocycles. The molecule has 1 aliphatic rings. The number of hydrogen-bond acceptors (Lipinski definition) is 2. The lowest BCUT2D eigenvalue weighted by Gasteiger charge is -2.15. The molecule has 1 atom stereocenters. The van der Waals surface area contributed by atoms with Gasteiger partial charge in [-0.25, -0.2) is 13.2 Å². The standard InChI is InChI=1S/C11H13F3N2/c12-9-3-7(4-10(13)11(9)14)5-16-2-1-8(15)6-16/h3-4,8H,1-2,5-6,15H2. The first-order valence-corrected chi connectivity index (χ1v) is 5.17. The molecule has 0 radical (unpaired) electrons. The molecule has 0 bridgehead atoms. The second-order valence-electron chi connectivity index (χ2n) is 4.16. The Morgan fingerprint density at radius 3 is 2.38 bits per heavy atom. The summed E-state index contributed by atoms with van der Waals surface area (Å²) in [5.41, 5.74) is 6.15. The minimum absolute atomic E-state index is 0.121. The SMILES string of the molecule is NC1CCN(Cc2cc(F)c(F)c(F)c2)C1. The van der Waals surface area contributed by atoms with Crippen LogP contribution in [0.2, 0.25) is 0 Å². The minimum Gasteiger partial charge on any atom is -0.326 e. The van der Waals surface area contributed by atoms with E-state index in [1.54, 1.807) is 0 Å². The number of hydrogen-bond donors (Lipinski definition) is 1. The Morgan fingerprint density at radius 2 is 1.88 bits per heavy atom. The fourth-order valence-corrected chi connectivity index (χ4v) is 1.96. The number of likely N-dealkylation sites (tertiary alicyclic amines) is 1. The van der Waals surface area contributed by atoms with Crippen LogP contribution in [0, 0.1) is 17.5 Å². The summed E-state index contributed by atoms with van der Waals surface area (Å²) in [5.74, 6) is -3.70. The van der Waals surface area contributed by atoms with Crippen molar-refractivity contribution in [2.24, 2.45) is 5.73 Å². The lowest BCUT2D eigenvalue weighted by molar-refractivity contribution is 0.324. The summed E-state index contributed by atoms with van der Waals surface area (Å²) in [6.45, 7) is 1.92. The monoisotopic (exact) mass is 230 g/mol. The molecule has 16 heavy (non-hydrogen) atoms. The minimum atomic E-state index is -1.41. The maximum Gasteiger partial charge on any atom is 0.194 e. The van der Waals surface area contributed by atoms with Crippen molar-refractivity contribution >= 4 is 0 Å². The summed E-state index contributed by atoms with van der Waals surface area (Å²) in [6.07, 6.45) is 0.881. The molecule has 0 saturated carbocycles. The van der Waals surface area contributed by atoms with Gasteiger partial charge in [0, 0.05) is 25.7 Å². The number of nitrogens with two attached hydrogens (primary N) is 1. The number of nitrogens with zero attached hydrogens (tertiary/aromatic N) is 1. The quantitative estimate of drug-likeness (QED) is 0.782. The van der Waals surface area contributed by atoms with Gasteiger partial charge in [0.15, 0.2) is 17.5 Å². The third kappa shape index (κ3) is 2.36. The van der Waals surface area contributed by atoms with Gasteiger partial charge in [-0.3, -0.25) is 4.90 Å². The average molecular weight is 230 g/mol.